The van der Waals surface area contributed by atoms with Crippen molar-refractivity contribution in [2.75, 3.05) is 0 Å². The van der Waals surface area contributed by atoms with Gasteiger partial charge >= 0.3 is 0 Å². The molecule has 1 aromatic heterocycles. The van der Waals surface area contributed by atoms with Gasteiger partial charge in [0.1, 0.15) is 20.8 Å². The Balaban J connectivity index is 1.52. The van der Waals surface area contributed by atoms with Crippen LogP contribution >= 0.6 is 36.2 Å². The molecule has 29 heavy (non-hydrogen) atoms. The summed E-state index contributed by atoms with van der Waals surface area (Å²) < 4.78 is 6.60. The van der Waals surface area contributed by atoms with Gasteiger partial charge in [0.05, 0.1) is 16.4 Å². The highest BCUT2D eigenvalue weighted by Crippen LogP contribution is 2.35. The minimum atomic E-state index is -0.426. The zero-order valence-corrected chi connectivity index (χ0v) is 17.4. The molecule has 0 atom stereocenters. The average molecular weight is 439 g/mol. The third-order valence-electron chi connectivity index (χ3n) is 4.32. The Morgan fingerprint density at radius 1 is 1.03 bits per heavy atom. The number of nitro groups is 1. The Morgan fingerprint density at radius 2 is 1.76 bits per heavy atom. The van der Waals surface area contributed by atoms with Gasteiger partial charge in [0.2, 0.25) is 0 Å². The van der Waals surface area contributed by atoms with Gasteiger partial charge in [-0.1, -0.05) is 66.5 Å². The van der Waals surface area contributed by atoms with E-state index in [1.54, 1.807) is 12.1 Å². The van der Waals surface area contributed by atoms with Crippen LogP contribution in [0.25, 0.3) is 17.4 Å². The highest BCUT2D eigenvalue weighted by atomic mass is 32.2. The summed E-state index contributed by atoms with van der Waals surface area (Å²) in [4.78, 5) is 13.8. The quantitative estimate of drug-likeness (QED) is 0.208. The van der Waals surface area contributed by atoms with E-state index < -0.39 is 4.92 Å². The van der Waals surface area contributed by atoms with E-state index in [1.165, 1.54) is 23.9 Å². The maximum atomic E-state index is 10.8. The molecule has 0 aliphatic carbocycles. The molecule has 0 amide bonds. The molecule has 1 saturated heterocycles. The van der Waals surface area contributed by atoms with Crippen molar-refractivity contribution in [3.8, 4) is 11.3 Å². The summed E-state index contributed by atoms with van der Waals surface area (Å²) in [5, 5.41) is 10.8. The number of hydrogen-bond acceptors (Lipinski definition) is 6. The molecule has 8 heteroatoms. The lowest BCUT2D eigenvalue weighted by Gasteiger charge is -2.16. The first-order chi connectivity index (χ1) is 14.0. The van der Waals surface area contributed by atoms with Crippen LogP contribution in [0.2, 0.25) is 0 Å². The molecular formula is C21H14N2O3S3. The molecular weight excluding hydrogens is 424 g/mol. The molecule has 0 saturated carbocycles. The Morgan fingerprint density at radius 3 is 2.45 bits per heavy atom. The average Bonchev–Trinajstić information content (AvgIpc) is 3.29. The minimum absolute atomic E-state index is 0.0439. The first-order valence-corrected chi connectivity index (χ1v) is 10.3. The highest BCUT2D eigenvalue weighted by molar-refractivity contribution is 8.27. The topological polar surface area (TPSA) is 59.5 Å². The Kier molecular flexibility index (Phi) is 5.57. The fourth-order valence-corrected chi connectivity index (χ4v) is 4.57. The Hall–Kier alpha value is -2.81. The predicted octanol–water partition coefficient (Wildman–Crippen LogP) is 6.06. The van der Waals surface area contributed by atoms with Gasteiger partial charge in [-0.3, -0.25) is 10.1 Å². The van der Waals surface area contributed by atoms with Crippen molar-refractivity contribution >= 4 is 57.3 Å². The second-order valence-corrected chi connectivity index (χ2v) is 8.32. The van der Waals surface area contributed by atoms with Crippen molar-refractivity contribution in [3.05, 3.63) is 93.1 Å². The van der Waals surface area contributed by atoms with Gasteiger partial charge in [-0.05, 0) is 35.9 Å². The lowest BCUT2D eigenvalue weighted by Crippen LogP contribution is -2.25. The number of hydrogen-bond donors (Lipinski definition) is 0. The van der Waals surface area contributed by atoms with Crippen molar-refractivity contribution in [2.24, 2.45) is 0 Å². The molecule has 1 aliphatic heterocycles. The van der Waals surface area contributed by atoms with E-state index in [2.05, 4.69) is 0 Å². The largest absolute Gasteiger partial charge is 0.457 e. The van der Waals surface area contributed by atoms with E-state index in [-0.39, 0.29) is 5.69 Å². The van der Waals surface area contributed by atoms with Crippen LogP contribution in [0.3, 0.4) is 0 Å². The summed E-state index contributed by atoms with van der Waals surface area (Å²) in [5.74, 6) is 1.27. The first kappa shape index (κ1) is 19.5. The summed E-state index contributed by atoms with van der Waals surface area (Å²) in [6.07, 6.45) is 1.87. The normalized spacial score (nSPS) is 15.3. The van der Waals surface area contributed by atoms with Crippen LogP contribution in [0.4, 0.5) is 5.69 Å². The van der Waals surface area contributed by atoms with Gasteiger partial charge in [0.15, 0.2) is 0 Å². The van der Waals surface area contributed by atoms with E-state index in [1.807, 2.05) is 53.4 Å². The standard InChI is InChI=1S/C21H14N2O3S3/c24-23(25)16-8-6-15(7-9-16)18-11-10-17(26-18)12-19-20(27)22(21(28)29-19)13-14-4-2-1-3-5-14/h1-12H,13H2/b19-12-. The maximum Gasteiger partial charge on any atom is 0.269 e. The number of non-ortho nitro benzene ring substituents is 1. The molecule has 3 aromatic rings. The van der Waals surface area contributed by atoms with Crippen molar-refractivity contribution in [3.63, 3.8) is 0 Å². The van der Waals surface area contributed by atoms with Crippen LogP contribution in [-0.4, -0.2) is 19.1 Å². The molecule has 0 radical (unpaired) electrons. The lowest BCUT2D eigenvalue weighted by atomic mass is 10.1. The number of rotatable bonds is 5. The fourth-order valence-electron chi connectivity index (χ4n) is 2.86. The Bertz CT molecular complexity index is 1120. The van der Waals surface area contributed by atoms with Crippen molar-refractivity contribution in [1.29, 1.82) is 0 Å². The summed E-state index contributed by atoms with van der Waals surface area (Å²) in [6, 6.07) is 20.0. The third-order valence-corrected chi connectivity index (χ3v) is 6.29. The number of benzene rings is 2. The summed E-state index contributed by atoms with van der Waals surface area (Å²) in [6.45, 7) is 0.634. The second kappa shape index (κ2) is 8.28. The van der Waals surface area contributed by atoms with Gasteiger partial charge in [-0.25, -0.2) is 0 Å². The molecule has 0 spiro atoms. The molecule has 5 nitrogen and oxygen atoms in total. The van der Waals surface area contributed by atoms with Crippen molar-refractivity contribution < 1.29 is 9.34 Å². The predicted molar refractivity (Wildman–Crippen MR) is 124 cm³/mol. The van der Waals surface area contributed by atoms with Crippen molar-refractivity contribution in [2.45, 2.75) is 6.54 Å². The van der Waals surface area contributed by atoms with E-state index in [0.29, 0.717) is 27.4 Å². The maximum absolute atomic E-state index is 10.8. The smallest absolute Gasteiger partial charge is 0.269 e. The van der Waals surface area contributed by atoms with Crippen LogP contribution in [0.15, 0.2) is 76.1 Å². The van der Waals surface area contributed by atoms with E-state index in [0.717, 1.165) is 16.0 Å². The number of nitro benzene ring substituents is 1. The third kappa shape index (κ3) is 4.29. The van der Waals surface area contributed by atoms with Crippen LogP contribution in [0, 0.1) is 10.1 Å². The number of thioether (sulfide) groups is 1. The summed E-state index contributed by atoms with van der Waals surface area (Å²) in [7, 11) is 0. The monoisotopic (exact) mass is 438 g/mol. The molecule has 1 aliphatic rings. The summed E-state index contributed by atoms with van der Waals surface area (Å²) in [5.41, 5.74) is 1.95. The number of nitrogens with zero attached hydrogens (tertiary/aromatic N) is 2. The SMILES string of the molecule is O=[N+]([O-])c1ccc(-c2ccc(/C=C3\SC(=S)N(Cc4ccccc4)C3=S)o2)cc1. The van der Waals surface area contributed by atoms with Gasteiger partial charge < -0.3 is 9.32 Å². The van der Waals surface area contributed by atoms with Gasteiger partial charge in [0.25, 0.3) is 5.69 Å². The van der Waals surface area contributed by atoms with E-state index in [9.17, 15) is 10.1 Å². The molecule has 2 heterocycles. The van der Waals surface area contributed by atoms with Gasteiger partial charge in [0, 0.05) is 17.7 Å². The molecule has 1 fully saturated rings. The minimum Gasteiger partial charge on any atom is -0.457 e. The van der Waals surface area contributed by atoms with Crippen LogP contribution in [0.1, 0.15) is 11.3 Å². The van der Waals surface area contributed by atoms with Crippen LogP contribution in [0.5, 0.6) is 0 Å². The zero-order valence-electron chi connectivity index (χ0n) is 15.0. The van der Waals surface area contributed by atoms with Crippen LogP contribution in [-0.2, 0) is 6.54 Å². The molecule has 4 rings (SSSR count). The zero-order chi connectivity index (χ0) is 20.4. The Labute approximate surface area is 182 Å². The molecule has 144 valence electrons. The highest BCUT2D eigenvalue weighted by Gasteiger charge is 2.28. The number of furan rings is 1. The van der Waals surface area contributed by atoms with E-state index >= 15 is 0 Å². The summed E-state index contributed by atoms with van der Waals surface area (Å²) >= 11 is 12.6. The molecule has 0 bridgehead atoms. The molecule has 2 aromatic carbocycles. The van der Waals surface area contributed by atoms with Crippen LogP contribution < -0.4 is 0 Å². The first-order valence-electron chi connectivity index (χ1n) is 8.65. The fraction of sp³-hybridized carbons (Fsp3) is 0.0476. The molecule has 0 N–H and O–H groups in total. The number of thiocarbonyl (C=S) groups is 2. The van der Waals surface area contributed by atoms with Gasteiger partial charge in [-0.15, -0.1) is 0 Å². The van der Waals surface area contributed by atoms with Crippen molar-refractivity contribution in [1.82, 2.24) is 4.90 Å². The second-order valence-electron chi connectivity index (χ2n) is 6.26. The lowest BCUT2D eigenvalue weighted by molar-refractivity contribution is -0.384. The molecule has 0 unspecified atom stereocenters. The van der Waals surface area contributed by atoms with E-state index in [4.69, 9.17) is 28.9 Å². The van der Waals surface area contributed by atoms with Gasteiger partial charge in [-0.2, -0.15) is 0 Å².